The summed E-state index contributed by atoms with van der Waals surface area (Å²) in [5.41, 5.74) is 6.21. The van der Waals surface area contributed by atoms with Gasteiger partial charge in [0.15, 0.2) is 0 Å². The summed E-state index contributed by atoms with van der Waals surface area (Å²) < 4.78 is 8.59. The van der Waals surface area contributed by atoms with Gasteiger partial charge in [0.05, 0.1) is 18.7 Å². The maximum atomic E-state index is 6.17. The first-order chi connectivity index (χ1) is 14.2. The van der Waals surface area contributed by atoms with Crippen molar-refractivity contribution in [2.75, 3.05) is 13.2 Å². The molecule has 0 unspecified atom stereocenters. The number of imidazole rings is 1. The summed E-state index contributed by atoms with van der Waals surface area (Å²) in [6.45, 7) is 9.62. The highest BCUT2D eigenvalue weighted by molar-refractivity contribution is 5.82. The van der Waals surface area contributed by atoms with E-state index < -0.39 is 0 Å². The first-order valence-corrected chi connectivity index (χ1v) is 12.1. The number of nitrogens with zero attached hydrogens (tertiary/aromatic N) is 2. The van der Waals surface area contributed by atoms with Crippen molar-refractivity contribution >= 4 is 11.0 Å². The monoisotopic (exact) mass is 437 g/mol. The van der Waals surface area contributed by atoms with Gasteiger partial charge in [0.1, 0.15) is 17.1 Å². The fourth-order valence-corrected chi connectivity index (χ4v) is 3.97. The summed E-state index contributed by atoms with van der Waals surface area (Å²) in [6, 6.07) is 6.40. The molecule has 0 bridgehead atoms. The first-order valence-electron chi connectivity index (χ1n) is 12.1. The molecule has 0 aliphatic carbocycles. The van der Waals surface area contributed by atoms with E-state index in [4.69, 9.17) is 9.72 Å². The van der Waals surface area contributed by atoms with Gasteiger partial charge in [0, 0.05) is 12.5 Å². The van der Waals surface area contributed by atoms with Gasteiger partial charge in [-0.3, -0.25) is 0 Å². The standard InChI is InChI=1S/C25H43N3O.ClH/c1-4-5-6-7-8-11-14-20-29-23-17-15-16-22-24(23)27-25(21(2)3)28(22)19-13-10-9-12-18-26;/h15-17,21H,4-14,18-20,26H2,1-3H3;1H. The molecule has 1 aromatic carbocycles. The number of aryl methyl sites for hydroxylation is 1. The molecule has 0 fully saturated rings. The number of rotatable bonds is 16. The van der Waals surface area contributed by atoms with Crippen molar-refractivity contribution in [2.45, 2.75) is 104 Å². The molecule has 1 aromatic heterocycles. The topological polar surface area (TPSA) is 54.7 Å². The summed E-state index contributed by atoms with van der Waals surface area (Å²) in [5, 5.41) is 0. The van der Waals surface area contributed by atoms with Crippen molar-refractivity contribution < 1.29 is 22.9 Å². The second kappa shape index (κ2) is 15.5. The number of hydrogen-bond acceptors (Lipinski definition) is 2. The lowest BCUT2D eigenvalue weighted by molar-refractivity contribution is -0.368. The van der Waals surface area contributed by atoms with Crippen LogP contribution in [-0.4, -0.2) is 22.7 Å². The quantitative estimate of drug-likeness (QED) is 0.410. The van der Waals surface area contributed by atoms with Crippen LogP contribution in [0.5, 0.6) is 5.75 Å². The summed E-state index contributed by atoms with van der Waals surface area (Å²) in [4.78, 5) is 5.00. The van der Waals surface area contributed by atoms with Crippen LogP contribution < -0.4 is 22.9 Å². The van der Waals surface area contributed by atoms with Gasteiger partial charge in [-0.1, -0.05) is 71.8 Å². The Hall–Kier alpha value is -1.26. The predicted octanol–water partition coefficient (Wildman–Crippen LogP) is 3.10. The number of halogens is 1. The molecule has 3 N–H and O–H groups in total. The Morgan fingerprint density at radius 2 is 1.60 bits per heavy atom. The molecule has 0 saturated heterocycles. The van der Waals surface area contributed by atoms with Gasteiger partial charge < -0.3 is 27.4 Å². The maximum Gasteiger partial charge on any atom is 0.147 e. The molecule has 172 valence electrons. The lowest BCUT2D eigenvalue weighted by Crippen LogP contribution is -3.00. The number of para-hydroxylation sites is 1. The zero-order valence-corrected chi connectivity index (χ0v) is 20.4. The van der Waals surface area contributed by atoms with E-state index in [1.54, 1.807) is 0 Å². The Morgan fingerprint density at radius 3 is 2.30 bits per heavy atom. The van der Waals surface area contributed by atoms with Crippen LogP contribution in [0.3, 0.4) is 0 Å². The van der Waals surface area contributed by atoms with Crippen LogP contribution in [0.4, 0.5) is 0 Å². The molecule has 0 aliphatic heterocycles. The average molecular weight is 438 g/mol. The summed E-state index contributed by atoms with van der Waals surface area (Å²) in [7, 11) is 0. The SMILES string of the molecule is CCCCCCCCCOc1cccc2c1nc(C(C)C)n2CCCCCC[NH3+].[Cl-]. The Balaban J connectivity index is 0.00000450. The van der Waals surface area contributed by atoms with Crippen LogP contribution in [0.2, 0.25) is 0 Å². The minimum atomic E-state index is 0. The molecule has 2 aromatic rings. The van der Waals surface area contributed by atoms with E-state index in [2.05, 4.69) is 49.3 Å². The van der Waals surface area contributed by atoms with Crippen molar-refractivity contribution in [1.82, 2.24) is 9.55 Å². The normalized spacial score (nSPS) is 11.2. The van der Waals surface area contributed by atoms with Crippen molar-refractivity contribution in [3.63, 3.8) is 0 Å². The zero-order valence-electron chi connectivity index (χ0n) is 19.6. The number of fused-ring (bicyclic) bond motifs is 1. The lowest BCUT2D eigenvalue weighted by atomic mass is 10.1. The molecule has 1 heterocycles. The Kier molecular flexibility index (Phi) is 13.9. The van der Waals surface area contributed by atoms with Gasteiger partial charge in [0.2, 0.25) is 0 Å². The highest BCUT2D eigenvalue weighted by Crippen LogP contribution is 2.29. The third kappa shape index (κ3) is 8.47. The second-order valence-corrected chi connectivity index (χ2v) is 8.64. The fraction of sp³-hybridized carbons (Fsp3) is 0.720. The largest absolute Gasteiger partial charge is 1.00 e. The molecule has 2 rings (SSSR count). The maximum absolute atomic E-state index is 6.17. The van der Waals surface area contributed by atoms with Gasteiger partial charge >= 0.3 is 0 Å². The molecule has 0 radical (unpaired) electrons. The lowest BCUT2D eigenvalue weighted by Gasteiger charge is -2.11. The molecule has 0 aliphatic rings. The number of quaternary nitrogens is 1. The summed E-state index contributed by atoms with van der Waals surface area (Å²) in [5.74, 6) is 2.55. The molecule has 0 amide bonds. The molecule has 30 heavy (non-hydrogen) atoms. The third-order valence-electron chi connectivity index (χ3n) is 5.67. The number of aromatic nitrogens is 2. The van der Waals surface area contributed by atoms with Crippen molar-refractivity contribution in [1.29, 1.82) is 0 Å². The van der Waals surface area contributed by atoms with Gasteiger partial charge in [-0.2, -0.15) is 0 Å². The van der Waals surface area contributed by atoms with Crippen molar-refractivity contribution in [3.8, 4) is 5.75 Å². The Morgan fingerprint density at radius 1 is 0.933 bits per heavy atom. The van der Waals surface area contributed by atoms with E-state index in [0.717, 1.165) is 37.4 Å². The number of benzene rings is 1. The highest BCUT2D eigenvalue weighted by Gasteiger charge is 2.16. The van der Waals surface area contributed by atoms with Gasteiger partial charge in [0.25, 0.3) is 0 Å². The predicted molar refractivity (Wildman–Crippen MR) is 124 cm³/mol. The minimum absolute atomic E-state index is 0. The molecular weight excluding hydrogens is 394 g/mol. The van der Waals surface area contributed by atoms with Crippen molar-refractivity contribution in [2.24, 2.45) is 0 Å². The highest BCUT2D eigenvalue weighted by atomic mass is 35.5. The number of hydrogen-bond donors (Lipinski definition) is 1. The molecule has 5 heteroatoms. The van der Waals surface area contributed by atoms with Gasteiger partial charge in [-0.25, -0.2) is 4.98 Å². The van der Waals surface area contributed by atoms with Gasteiger partial charge in [-0.05, 0) is 37.8 Å². The summed E-state index contributed by atoms with van der Waals surface area (Å²) >= 11 is 0. The molecule has 0 saturated carbocycles. The Bertz CT molecular complexity index is 699. The van der Waals surface area contributed by atoms with Crippen LogP contribution in [0.1, 0.15) is 103 Å². The van der Waals surface area contributed by atoms with Crippen LogP contribution in [0, 0.1) is 0 Å². The van der Waals surface area contributed by atoms with E-state index in [9.17, 15) is 0 Å². The van der Waals surface area contributed by atoms with E-state index in [-0.39, 0.29) is 12.4 Å². The first kappa shape index (κ1) is 26.8. The zero-order chi connectivity index (χ0) is 20.9. The van der Waals surface area contributed by atoms with E-state index in [1.165, 1.54) is 75.5 Å². The summed E-state index contributed by atoms with van der Waals surface area (Å²) in [6.07, 6.45) is 14.1. The van der Waals surface area contributed by atoms with Crippen LogP contribution in [0.15, 0.2) is 18.2 Å². The Labute approximate surface area is 190 Å². The van der Waals surface area contributed by atoms with Crippen LogP contribution >= 0.6 is 0 Å². The second-order valence-electron chi connectivity index (χ2n) is 8.64. The number of unbranched alkanes of at least 4 members (excludes halogenated alkanes) is 9. The van der Waals surface area contributed by atoms with Crippen LogP contribution in [0.25, 0.3) is 11.0 Å². The number of ether oxygens (including phenoxy) is 1. The van der Waals surface area contributed by atoms with Crippen molar-refractivity contribution in [3.05, 3.63) is 24.0 Å². The smallest absolute Gasteiger partial charge is 0.147 e. The average Bonchev–Trinajstić information content (AvgIpc) is 3.09. The fourth-order valence-electron chi connectivity index (χ4n) is 3.97. The molecule has 4 nitrogen and oxygen atoms in total. The third-order valence-corrected chi connectivity index (χ3v) is 5.67. The van der Waals surface area contributed by atoms with E-state index >= 15 is 0 Å². The van der Waals surface area contributed by atoms with Crippen LogP contribution in [-0.2, 0) is 6.54 Å². The van der Waals surface area contributed by atoms with E-state index in [1.807, 2.05) is 0 Å². The minimum Gasteiger partial charge on any atom is -1.00 e. The molecule has 0 atom stereocenters. The molecular formula is C25H44ClN3O. The molecule has 0 spiro atoms. The van der Waals surface area contributed by atoms with E-state index in [0.29, 0.717) is 5.92 Å². The van der Waals surface area contributed by atoms with Gasteiger partial charge in [-0.15, -0.1) is 0 Å².